The second-order valence-corrected chi connectivity index (χ2v) is 6.66. The van der Waals surface area contributed by atoms with Gasteiger partial charge in [-0.05, 0) is 38.5 Å². The Kier molecular flexibility index (Phi) is 4.45. The third-order valence-electron chi connectivity index (χ3n) is 5.28. The summed E-state index contributed by atoms with van der Waals surface area (Å²) in [5.41, 5.74) is 0. The van der Waals surface area contributed by atoms with Gasteiger partial charge in [0.2, 0.25) is 0 Å². The van der Waals surface area contributed by atoms with Crippen LogP contribution in [0.5, 0.6) is 0 Å². The number of hydrogen-bond donors (Lipinski definition) is 1. The minimum absolute atomic E-state index is 0. The summed E-state index contributed by atoms with van der Waals surface area (Å²) < 4.78 is 6.05. The van der Waals surface area contributed by atoms with Crippen LogP contribution in [0.2, 0.25) is 0 Å². The molecule has 20 heavy (non-hydrogen) atoms. The molecular weight excluding hydrogens is 365 g/mol. The van der Waals surface area contributed by atoms with Gasteiger partial charge in [-0.3, -0.25) is 4.99 Å². The van der Waals surface area contributed by atoms with Crippen LogP contribution in [-0.4, -0.2) is 49.2 Å². The van der Waals surface area contributed by atoms with Crippen LogP contribution in [0, 0.1) is 17.8 Å². The Bertz CT molecular complexity index is 367. The monoisotopic (exact) mass is 391 g/mol. The molecule has 114 valence electrons. The molecule has 0 radical (unpaired) electrons. The van der Waals surface area contributed by atoms with E-state index in [1.54, 1.807) is 0 Å². The number of nitrogens with one attached hydrogen (secondary N) is 1. The number of fused-ring (bicyclic) bond motifs is 5. The van der Waals surface area contributed by atoms with Gasteiger partial charge in [0.05, 0.1) is 12.2 Å². The molecule has 2 bridgehead atoms. The fourth-order valence-corrected chi connectivity index (χ4v) is 4.07. The summed E-state index contributed by atoms with van der Waals surface area (Å²) in [5, 5.41) is 3.48. The summed E-state index contributed by atoms with van der Waals surface area (Å²) in [7, 11) is 0. The van der Waals surface area contributed by atoms with Crippen molar-refractivity contribution in [3.8, 4) is 0 Å². The first-order valence-electron chi connectivity index (χ1n) is 8.04. The number of rotatable bonds is 3. The topological polar surface area (TPSA) is 36.9 Å². The molecule has 3 aliphatic heterocycles. The van der Waals surface area contributed by atoms with Gasteiger partial charge in [-0.25, -0.2) is 0 Å². The molecule has 0 amide bonds. The second kappa shape index (κ2) is 5.99. The first kappa shape index (κ1) is 14.9. The fraction of sp³-hybridized carbons (Fsp3) is 0.933. The molecule has 1 N–H and O–H groups in total. The summed E-state index contributed by atoms with van der Waals surface area (Å²) >= 11 is 0. The molecule has 1 saturated carbocycles. The Morgan fingerprint density at radius 2 is 1.80 bits per heavy atom. The van der Waals surface area contributed by atoms with Crippen LogP contribution >= 0.6 is 24.0 Å². The zero-order valence-electron chi connectivity index (χ0n) is 12.3. The average molecular weight is 391 g/mol. The van der Waals surface area contributed by atoms with E-state index in [4.69, 9.17) is 9.73 Å². The van der Waals surface area contributed by atoms with Crippen molar-refractivity contribution in [1.82, 2.24) is 10.2 Å². The van der Waals surface area contributed by atoms with E-state index in [9.17, 15) is 0 Å². The van der Waals surface area contributed by atoms with Gasteiger partial charge >= 0.3 is 0 Å². The average Bonchev–Trinajstić information content (AvgIpc) is 2.87. The molecule has 5 heteroatoms. The summed E-state index contributed by atoms with van der Waals surface area (Å²) in [5.74, 6) is 3.56. The van der Waals surface area contributed by atoms with Crippen molar-refractivity contribution in [3.63, 3.8) is 0 Å². The Morgan fingerprint density at radius 3 is 2.35 bits per heavy atom. The Morgan fingerprint density at radius 1 is 1.15 bits per heavy atom. The molecule has 0 spiro atoms. The molecule has 4 aliphatic rings. The highest BCUT2D eigenvalue weighted by Crippen LogP contribution is 2.47. The molecule has 4 unspecified atom stereocenters. The molecule has 0 aromatic rings. The highest BCUT2D eigenvalue weighted by molar-refractivity contribution is 14.0. The number of halogens is 1. The van der Waals surface area contributed by atoms with Crippen LogP contribution in [0.15, 0.2) is 4.99 Å². The molecule has 1 aliphatic carbocycles. The van der Waals surface area contributed by atoms with Crippen molar-refractivity contribution in [1.29, 1.82) is 0 Å². The third-order valence-corrected chi connectivity index (χ3v) is 5.28. The van der Waals surface area contributed by atoms with Crippen LogP contribution in [0.3, 0.4) is 0 Å². The minimum atomic E-state index is 0. The Hall–Kier alpha value is -0.0400. The highest BCUT2D eigenvalue weighted by Gasteiger charge is 2.53. The highest BCUT2D eigenvalue weighted by atomic mass is 127. The van der Waals surface area contributed by atoms with Gasteiger partial charge < -0.3 is 15.0 Å². The lowest BCUT2D eigenvalue weighted by Gasteiger charge is -2.23. The number of guanidine groups is 1. The van der Waals surface area contributed by atoms with Gasteiger partial charge in [0.15, 0.2) is 5.96 Å². The van der Waals surface area contributed by atoms with Crippen molar-refractivity contribution < 1.29 is 4.74 Å². The van der Waals surface area contributed by atoms with E-state index in [0.29, 0.717) is 12.2 Å². The minimum Gasteiger partial charge on any atom is -0.374 e. The fourth-order valence-electron chi connectivity index (χ4n) is 4.07. The smallest absolute Gasteiger partial charge is 0.193 e. The maximum Gasteiger partial charge on any atom is 0.193 e. The van der Waals surface area contributed by atoms with Crippen molar-refractivity contribution in [2.75, 3.05) is 26.2 Å². The summed E-state index contributed by atoms with van der Waals surface area (Å²) in [6, 6.07) is 0. The molecule has 0 aromatic heterocycles. The van der Waals surface area contributed by atoms with E-state index >= 15 is 0 Å². The lowest BCUT2D eigenvalue weighted by Crippen LogP contribution is -2.41. The van der Waals surface area contributed by atoms with Crippen LogP contribution in [0.25, 0.3) is 0 Å². The summed E-state index contributed by atoms with van der Waals surface area (Å²) in [6.07, 6.45) is 6.43. The van der Waals surface area contributed by atoms with Gasteiger partial charge in [0.25, 0.3) is 0 Å². The van der Waals surface area contributed by atoms with E-state index in [0.717, 1.165) is 49.9 Å². The normalized spacial score (nSPS) is 38.9. The van der Waals surface area contributed by atoms with Crippen LogP contribution in [-0.2, 0) is 4.74 Å². The number of nitrogens with zero attached hydrogens (tertiary/aromatic N) is 2. The number of aliphatic imine (C=N–C) groups is 1. The Balaban J connectivity index is 0.00000121. The van der Waals surface area contributed by atoms with Gasteiger partial charge in [-0.1, -0.05) is 0 Å². The second-order valence-electron chi connectivity index (χ2n) is 6.66. The van der Waals surface area contributed by atoms with E-state index in [1.165, 1.54) is 25.7 Å². The van der Waals surface area contributed by atoms with Gasteiger partial charge in [0.1, 0.15) is 0 Å². The number of likely N-dealkylation sites (tertiary alicyclic amines) is 1. The number of ether oxygens (including phenoxy) is 1. The van der Waals surface area contributed by atoms with Crippen LogP contribution < -0.4 is 5.32 Å². The van der Waals surface area contributed by atoms with Gasteiger partial charge in [0, 0.05) is 38.0 Å². The predicted molar refractivity (Wildman–Crippen MR) is 90.6 cm³/mol. The standard InChI is InChI=1S/C15H25N3O.HI/c1-2-16-15(17-7-10-3-4-10)18-8-11-12(9-18)14-6-5-13(11)19-14;/h10-14H,2-9H2,1H3,(H,16,17);1H. The molecule has 4 rings (SSSR count). The molecule has 4 fully saturated rings. The zero-order valence-corrected chi connectivity index (χ0v) is 14.6. The molecule has 0 aromatic carbocycles. The molecule has 3 heterocycles. The van der Waals surface area contributed by atoms with E-state index in [1.807, 2.05) is 0 Å². The van der Waals surface area contributed by atoms with E-state index in [-0.39, 0.29) is 24.0 Å². The van der Waals surface area contributed by atoms with Crippen molar-refractivity contribution in [2.45, 2.75) is 44.8 Å². The molecular formula is C15H26IN3O. The molecule has 4 nitrogen and oxygen atoms in total. The lowest BCUT2D eigenvalue weighted by atomic mass is 9.82. The summed E-state index contributed by atoms with van der Waals surface area (Å²) in [6.45, 7) is 6.47. The predicted octanol–water partition coefficient (Wildman–Crippen LogP) is 2.09. The van der Waals surface area contributed by atoms with Crippen molar-refractivity contribution in [3.05, 3.63) is 0 Å². The first-order chi connectivity index (χ1) is 9.35. The van der Waals surface area contributed by atoms with E-state index < -0.39 is 0 Å². The van der Waals surface area contributed by atoms with E-state index in [2.05, 4.69) is 17.1 Å². The van der Waals surface area contributed by atoms with Crippen molar-refractivity contribution in [2.24, 2.45) is 22.7 Å². The first-order valence-corrected chi connectivity index (χ1v) is 8.04. The SMILES string of the molecule is CCNC(=NCC1CC1)N1CC2C3CCC(O3)C2C1.I. The van der Waals surface area contributed by atoms with Gasteiger partial charge in [-0.15, -0.1) is 24.0 Å². The number of hydrogen-bond acceptors (Lipinski definition) is 2. The molecule has 3 saturated heterocycles. The van der Waals surface area contributed by atoms with Crippen LogP contribution in [0.1, 0.15) is 32.6 Å². The van der Waals surface area contributed by atoms with Crippen LogP contribution in [0.4, 0.5) is 0 Å². The maximum atomic E-state index is 6.05. The van der Waals surface area contributed by atoms with Crippen molar-refractivity contribution >= 4 is 29.9 Å². The quantitative estimate of drug-likeness (QED) is 0.455. The zero-order chi connectivity index (χ0) is 12.8. The maximum absolute atomic E-state index is 6.05. The van der Waals surface area contributed by atoms with Gasteiger partial charge in [-0.2, -0.15) is 0 Å². The lowest BCUT2D eigenvalue weighted by molar-refractivity contribution is 0.0767. The summed E-state index contributed by atoms with van der Waals surface area (Å²) in [4.78, 5) is 7.34. The largest absolute Gasteiger partial charge is 0.374 e. The Labute approximate surface area is 138 Å². The molecule has 4 atom stereocenters. The third kappa shape index (κ3) is 2.67.